The molecule has 0 saturated heterocycles. The van der Waals surface area contributed by atoms with Crippen LogP contribution in [0, 0.1) is 0 Å². The number of hydrogen-bond acceptors (Lipinski definition) is 5. The first-order valence-corrected chi connectivity index (χ1v) is 30.6. The molecule has 402 valence electrons. The van der Waals surface area contributed by atoms with Gasteiger partial charge in [-0.3, -0.25) is 9.59 Å². The van der Waals surface area contributed by atoms with E-state index in [0.717, 1.165) is 70.6 Å². The number of allylic oxidation sites excluding steroid dienone is 4. The smallest absolute Gasteiger partial charge is 0.305 e. The summed E-state index contributed by atoms with van der Waals surface area (Å²) >= 11 is 0. The first-order chi connectivity index (χ1) is 33.5. The molecule has 0 bridgehead atoms. The molecule has 0 saturated carbocycles. The maximum absolute atomic E-state index is 12.5. The molecule has 6 nitrogen and oxygen atoms in total. The molecule has 68 heavy (non-hydrogen) atoms. The molecule has 0 fully saturated rings. The summed E-state index contributed by atoms with van der Waals surface area (Å²) in [5, 5.41) is 23.4. The van der Waals surface area contributed by atoms with Crippen molar-refractivity contribution in [2.45, 2.75) is 347 Å². The SMILES string of the molecule is CCCCCC/C=C\C/C=C\CCCCCCCC(=O)OCCCCCCCCCCCCCC(=O)NC(CO)C(O)CCCCCCCCCCCCCCCCCCCCCCCCCC. The summed E-state index contributed by atoms with van der Waals surface area (Å²) in [4.78, 5) is 24.6. The Labute approximate surface area is 424 Å². The number of hydrogen-bond donors (Lipinski definition) is 3. The molecule has 2 atom stereocenters. The van der Waals surface area contributed by atoms with Crippen LogP contribution in [0.2, 0.25) is 0 Å². The molecular formula is C62H119NO5. The molecule has 0 spiro atoms. The Bertz CT molecular complexity index is 1060. The number of aliphatic hydroxyl groups excluding tert-OH is 2. The molecule has 0 radical (unpaired) electrons. The van der Waals surface area contributed by atoms with Gasteiger partial charge in [-0.15, -0.1) is 0 Å². The average Bonchev–Trinajstić information content (AvgIpc) is 3.34. The number of rotatable bonds is 57. The molecule has 0 aliphatic carbocycles. The van der Waals surface area contributed by atoms with Crippen LogP contribution in [-0.2, 0) is 14.3 Å². The second kappa shape index (κ2) is 57.9. The zero-order valence-corrected chi connectivity index (χ0v) is 45.9. The van der Waals surface area contributed by atoms with Gasteiger partial charge in [0.25, 0.3) is 0 Å². The highest BCUT2D eigenvalue weighted by Gasteiger charge is 2.20. The zero-order chi connectivity index (χ0) is 49.3. The van der Waals surface area contributed by atoms with Crippen molar-refractivity contribution in [1.82, 2.24) is 5.32 Å². The van der Waals surface area contributed by atoms with E-state index in [1.165, 1.54) is 231 Å². The molecule has 0 aliphatic rings. The molecule has 6 heteroatoms. The molecule has 2 unspecified atom stereocenters. The normalized spacial score (nSPS) is 12.7. The van der Waals surface area contributed by atoms with Crippen LogP contribution >= 0.6 is 0 Å². The first kappa shape index (κ1) is 66.3. The van der Waals surface area contributed by atoms with Gasteiger partial charge in [0.05, 0.1) is 25.4 Å². The Morgan fingerprint density at radius 1 is 0.412 bits per heavy atom. The number of unbranched alkanes of at least 4 members (excludes halogenated alkanes) is 42. The minimum absolute atomic E-state index is 0.0259. The summed E-state index contributed by atoms with van der Waals surface area (Å²) in [6.45, 7) is 4.91. The molecule has 0 heterocycles. The van der Waals surface area contributed by atoms with Gasteiger partial charge in [-0.1, -0.05) is 289 Å². The van der Waals surface area contributed by atoms with E-state index in [0.29, 0.717) is 25.9 Å². The van der Waals surface area contributed by atoms with Crippen LogP contribution in [0.4, 0.5) is 0 Å². The number of carbonyl (C=O) groups excluding carboxylic acids is 2. The third-order valence-electron chi connectivity index (χ3n) is 14.3. The average molecular weight is 959 g/mol. The summed E-state index contributed by atoms with van der Waals surface area (Å²) < 4.78 is 5.47. The Balaban J connectivity index is 3.46. The topological polar surface area (TPSA) is 95.9 Å². The highest BCUT2D eigenvalue weighted by molar-refractivity contribution is 5.76. The van der Waals surface area contributed by atoms with Crippen molar-refractivity contribution in [3.05, 3.63) is 24.3 Å². The van der Waals surface area contributed by atoms with Gasteiger partial charge in [0.2, 0.25) is 5.91 Å². The van der Waals surface area contributed by atoms with Gasteiger partial charge in [0.1, 0.15) is 0 Å². The van der Waals surface area contributed by atoms with Gasteiger partial charge in [0.15, 0.2) is 0 Å². The van der Waals surface area contributed by atoms with Crippen LogP contribution in [-0.4, -0.2) is 47.4 Å². The van der Waals surface area contributed by atoms with Gasteiger partial charge >= 0.3 is 5.97 Å². The predicted molar refractivity (Wildman–Crippen MR) is 296 cm³/mol. The van der Waals surface area contributed by atoms with E-state index in [9.17, 15) is 19.8 Å². The molecule has 0 aromatic heterocycles. The standard InChI is InChI=1S/C62H119NO5/c1-3-5-7-9-11-13-15-17-19-21-22-23-24-25-26-27-28-29-31-34-38-42-46-50-54-60(65)59(58-64)63-61(66)55-51-47-43-39-35-33-37-41-45-49-53-57-68-62(67)56-52-48-44-40-36-32-30-20-18-16-14-12-10-8-6-4-2/h14,16,20,30,59-60,64-65H,3-13,15,17-19,21-29,31-58H2,1-2H3,(H,63,66)/b16-14-,30-20-. The fraction of sp³-hybridized carbons (Fsp3) is 0.903. The third kappa shape index (κ3) is 53.7. The van der Waals surface area contributed by atoms with Crippen LogP contribution in [0.25, 0.3) is 0 Å². The lowest BCUT2D eigenvalue weighted by Crippen LogP contribution is -2.45. The van der Waals surface area contributed by atoms with Crippen LogP contribution in [0.3, 0.4) is 0 Å². The number of nitrogens with one attached hydrogen (secondary N) is 1. The lowest BCUT2D eigenvalue weighted by molar-refractivity contribution is -0.143. The quantitative estimate of drug-likeness (QED) is 0.0321. The molecule has 0 aromatic rings. The van der Waals surface area contributed by atoms with Crippen molar-refractivity contribution < 1.29 is 24.5 Å². The summed E-state index contributed by atoms with van der Waals surface area (Å²) in [7, 11) is 0. The Hall–Kier alpha value is -1.66. The van der Waals surface area contributed by atoms with E-state index in [1.54, 1.807) is 0 Å². The van der Waals surface area contributed by atoms with E-state index in [4.69, 9.17) is 4.74 Å². The lowest BCUT2D eigenvalue weighted by Gasteiger charge is -2.22. The molecule has 0 rings (SSSR count). The highest BCUT2D eigenvalue weighted by Crippen LogP contribution is 2.18. The molecule has 1 amide bonds. The van der Waals surface area contributed by atoms with Crippen LogP contribution in [0.15, 0.2) is 24.3 Å². The number of amides is 1. The molecular weight excluding hydrogens is 839 g/mol. The number of aliphatic hydroxyl groups is 2. The van der Waals surface area contributed by atoms with Gasteiger partial charge in [-0.05, 0) is 57.8 Å². The number of ether oxygens (including phenoxy) is 1. The Morgan fingerprint density at radius 3 is 1.13 bits per heavy atom. The van der Waals surface area contributed by atoms with E-state index in [2.05, 4.69) is 43.5 Å². The second-order valence-corrected chi connectivity index (χ2v) is 21.0. The van der Waals surface area contributed by atoms with Crippen molar-refractivity contribution in [2.24, 2.45) is 0 Å². The maximum atomic E-state index is 12.5. The Morgan fingerprint density at radius 2 is 0.735 bits per heavy atom. The largest absolute Gasteiger partial charge is 0.466 e. The monoisotopic (exact) mass is 958 g/mol. The molecule has 0 aromatic carbocycles. The van der Waals surface area contributed by atoms with Crippen LogP contribution in [0.5, 0.6) is 0 Å². The fourth-order valence-corrected chi connectivity index (χ4v) is 9.55. The molecule has 0 aliphatic heterocycles. The first-order valence-electron chi connectivity index (χ1n) is 30.6. The second-order valence-electron chi connectivity index (χ2n) is 21.0. The van der Waals surface area contributed by atoms with Crippen molar-refractivity contribution >= 4 is 11.9 Å². The van der Waals surface area contributed by atoms with Crippen molar-refractivity contribution in [3.8, 4) is 0 Å². The third-order valence-corrected chi connectivity index (χ3v) is 14.3. The summed E-state index contributed by atoms with van der Waals surface area (Å²) in [6.07, 6.45) is 70.3. The Kier molecular flexibility index (Phi) is 56.5. The van der Waals surface area contributed by atoms with Crippen molar-refractivity contribution in [3.63, 3.8) is 0 Å². The summed E-state index contributed by atoms with van der Waals surface area (Å²) in [5.41, 5.74) is 0. The summed E-state index contributed by atoms with van der Waals surface area (Å²) in [6, 6.07) is -0.558. The predicted octanol–water partition coefficient (Wildman–Crippen LogP) is 19.0. The minimum Gasteiger partial charge on any atom is -0.466 e. The zero-order valence-electron chi connectivity index (χ0n) is 45.9. The van der Waals surface area contributed by atoms with E-state index in [-0.39, 0.29) is 18.5 Å². The molecule has 3 N–H and O–H groups in total. The van der Waals surface area contributed by atoms with E-state index >= 15 is 0 Å². The van der Waals surface area contributed by atoms with Crippen LogP contribution < -0.4 is 5.32 Å². The maximum Gasteiger partial charge on any atom is 0.305 e. The van der Waals surface area contributed by atoms with Crippen molar-refractivity contribution in [2.75, 3.05) is 13.2 Å². The summed E-state index contributed by atoms with van der Waals surface area (Å²) in [5.74, 6) is -0.0772. The van der Waals surface area contributed by atoms with E-state index < -0.39 is 12.1 Å². The van der Waals surface area contributed by atoms with Gasteiger partial charge < -0.3 is 20.3 Å². The highest BCUT2D eigenvalue weighted by atomic mass is 16.5. The number of carbonyl (C=O) groups is 2. The van der Waals surface area contributed by atoms with Gasteiger partial charge in [-0.25, -0.2) is 0 Å². The fourth-order valence-electron chi connectivity index (χ4n) is 9.55. The lowest BCUT2D eigenvalue weighted by atomic mass is 10.0. The minimum atomic E-state index is -0.679. The number of esters is 1. The van der Waals surface area contributed by atoms with Gasteiger partial charge in [0, 0.05) is 12.8 Å². The van der Waals surface area contributed by atoms with Crippen molar-refractivity contribution in [1.29, 1.82) is 0 Å². The van der Waals surface area contributed by atoms with Crippen LogP contribution in [0.1, 0.15) is 335 Å². The van der Waals surface area contributed by atoms with E-state index in [1.807, 2.05) is 0 Å². The van der Waals surface area contributed by atoms with Gasteiger partial charge in [-0.2, -0.15) is 0 Å².